The van der Waals surface area contributed by atoms with Gasteiger partial charge in [-0.3, -0.25) is 4.99 Å². The molecular weight excluding hydrogens is 512 g/mol. The molecular formula is C39H54N2O. The molecule has 42 heavy (non-hydrogen) atoms. The van der Waals surface area contributed by atoms with Crippen LogP contribution < -0.4 is 9.64 Å². The Labute approximate surface area is 255 Å². The van der Waals surface area contributed by atoms with E-state index in [2.05, 4.69) is 92.5 Å². The Morgan fingerprint density at radius 2 is 1.21 bits per heavy atom. The summed E-state index contributed by atoms with van der Waals surface area (Å²) in [5, 5.41) is 2.35. The van der Waals surface area contributed by atoms with Gasteiger partial charge in [0.25, 0.3) is 0 Å². The molecule has 0 amide bonds. The molecule has 0 saturated carbocycles. The molecule has 0 fully saturated rings. The maximum absolute atomic E-state index is 7.05. The molecule has 0 N–H and O–H groups in total. The molecule has 1 atom stereocenters. The van der Waals surface area contributed by atoms with Crippen molar-refractivity contribution in [2.24, 2.45) is 4.99 Å². The second kappa shape index (κ2) is 14.6. The van der Waals surface area contributed by atoms with Gasteiger partial charge in [0, 0.05) is 17.6 Å². The van der Waals surface area contributed by atoms with Gasteiger partial charge in [0.2, 0.25) is 5.72 Å². The highest BCUT2D eigenvalue weighted by Crippen LogP contribution is 2.54. The number of hydrogen-bond donors (Lipinski definition) is 0. The predicted molar refractivity (Wildman–Crippen MR) is 182 cm³/mol. The fourth-order valence-electron chi connectivity index (χ4n) is 7.26. The number of benzene rings is 3. The van der Waals surface area contributed by atoms with E-state index in [4.69, 9.17) is 9.73 Å². The zero-order valence-electron chi connectivity index (χ0n) is 26.7. The summed E-state index contributed by atoms with van der Waals surface area (Å²) in [4.78, 5) is 7.63. The van der Waals surface area contributed by atoms with Crippen molar-refractivity contribution in [1.29, 1.82) is 0 Å². The summed E-state index contributed by atoms with van der Waals surface area (Å²) in [5.74, 6) is 0.883. The summed E-state index contributed by atoms with van der Waals surface area (Å²) >= 11 is 0. The van der Waals surface area contributed by atoms with Crippen molar-refractivity contribution in [2.45, 2.75) is 135 Å². The molecule has 226 valence electrons. The second-order valence-electron chi connectivity index (χ2n) is 13.3. The largest absolute Gasteiger partial charge is 0.459 e. The average molecular weight is 567 g/mol. The van der Waals surface area contributed by atoms with Crippen LogP contribution in [-0.4, -0.2) is 18.5 Å². The maximum atomic E-state index is 7.05. The van der Waals surface area contributed by atoms with E-state index in [0.717, 1.165) is 23.4 Å². The maximum Gasteiger partial charge on any atom is 0.228 e. The lowest BCUT2D eigenvalue weighted by Crippen LogP contribution is -2.62. The van der Waals surface area contributed by atoms with Crippen molar-refractivity contribution < 1.29 is 4.74 Å². The smallest absolute Gasteiger partial charge is 0.228 e. The Morgan fingerprint density at radius 3 is 1.88 bits per heavy atom. The first-order chi connectivity index (χ1) is 20.6. The molecule has 3 aromatic carbocycles. The molecule has 3 heteroatoms. The minimum atomic E-state index is -0.623. The molecule has 2 aliphatic heterocycles. The summed E-state index contributed by atoms with van der Waals surface area (Å²) in [5.41, 5.74) is 2.73. The fraction of sp³-hybridized carbons (Fsp3) is 0.564. The molecule has 0 bridgehead atoms. The minimum absolute atomic E-state index is 0.231. The van der Waals surface area contributed by atoms with E-state index in [9.17, 15) is 0 Å². The first-order valence-corrected chi connectivity index (χ1v) is 17.2. The number of aliphatic imine (C=N–C) groups is 1. The van der Waals surface area contributed by atoms with E-state index in [0.29, 0.717) is 0 Å². The van der Waals surface area contributed by atoms with Crippen LogP contribution in [0.25, 0.3) is 10.8 Å². The third-order valence-electron chi connectivity index (χ3n) is 9.90. The third kappa shape index (κ3) is 6.56. The van der Waals surface area contributed by atoms with Crippen LogP contribution in [0.1, 0.15) is 129 Å². The van der Waals surface area contributed by atoms with E-state index < -0.39 is 5.72 Å². The molecule has 1 spiro atoms. The average Bonchev–Trinajstić information content (AvgIpc) is 3.19. The van der Waals surface area contributed by atoms with Gasteiger partial charge in [0.15, 0.2) is 0 Å². The summed E-state index contributed by atoms with van der Waals surface area (Å²) in [6.45, 7) is 7.91. The number of fused-ring (bicyclic) bond motifs is 4. The van der Waals surface area contributed by atoms with Gasteiger partial charge < -0.3 is 9.64 Å². The number of nitrogens with zero attached hydrogens (tertiary/aromatic N) is 2. The summed E-state index contributed by atoms with van der Waals surface area (Å²) < 4.78 is 7.05. The van der Waals surface area contributed by atoms with Gasteiger partial charge in [0.05, 0.1) is 11.6 Å². The van der Waals surface area contributed by atoms with Gasteiger partial charge in [-0.05, 0) is 43.4 Å². The Balaban J connectivity index is 1.10. The zero-order chi connectivity index (χ0) is 29.3. The lowest BCUT2D eigenvalue weighted by atomic mass is 9.77. The fourth-order valence-corrected chi connectivity index (χ4v) is 7.26. The molecule has 3 aromatic rings. The van der Waals surface area contributed by atoms with Gasteiger partial charge in [0.1, 0.15) is 11.4 Å². The molecule has 3 nitrogen and oxygen atoms in total. The molecule has 2 aliphatic rings. The molecule has 5 rings (SSSR count). The van der Waals surface area contributed by atoms with Crippen LogP contribution in [0.5, 0.6) is 5.75 Å². The lowest BCUT2D eigenvalue weighted by Gasteiger charge is -2.46. The van der Waals surface area contributed by atoms with Crippen LogP contribution in [0.4, 0.5) is 11.4 Å². The van der Waals surface area contributed by atoms with E-state index in [1.165, 1.54) is 119 Å². The molecule has 0 saturated heterocycles. The van der Waals surface area contributed by atoms with Crippen molar-refractivity contribution in [3.8, 4) is 5.75 Å². The monoisotopic (exact) mass is 566 g/mol. The van der Waals surface area contributed by atoms with Gasteiger partial charge in [-0.25, -0.2) is 0 Å². The molecule has 0 radical (unpaired) electrons. The Morgan fingerprint density at radius 1 is 0.643 bits per heavy atom. The SMILES string of the molecule is CCCCCCCCCCCCCCCCCCN1c2ccccc2C(C)(C)[C@@]12C=Nc1c(ccc3ccccc13)O2. The summed E-state index contributed by atoms with van der Waals surface area (Å²) in [6, 6.07) is 21.6. The Bertz CT molecular complexity index is 1310. The molecule has 0 aromatic heterocycles. The quantitative estimate of drug-likeness (QED) is 0.152. The van der Waals surface area contributed by atoms with Gasteiger partial charge in [-0.1, -0.05) is 152 Å². The highest BCUT2D eigenvalue weighted by Gasteiger charge is 2.59. The normalized spacial score (nSPS) is 18.4. The van der Waals surface area contributed by atoms with E-state index in [1.54, 1.807) is 0 Å². The standard InChI is InChI=1S/C39H54N2O/c1-4-5-6-7-8-9-10-11-12-13-14-15-16-17-18-23-30-41-35-27-22-21-26-34(35)38(2,3)39(41)31-40-37-33-25-20-19-24-32(33)28-29-36(37)42-39/h19-22,24-29,31H,4-18,23,30H2,1-3H3/t39-/m0/s1. The van der Waals surface area contributed by atoms with Gasteiger partial charge >= 0.3 is 0 Å². The van der Waals surface area contributed by atoms with Crippen molar-refractivity contribution in [3.63, 3.8) is 0 Å². The topological polar surface area (TPSA) is 24.8 Å². The van der Waals surface area contributed by atoms with Crippen LogP contribution in [0.3, 0.4) is 0 Å². The molecule has 0 unspecified atom stereocenters. The van der Waals surface area contributed by atoms with E-state index >= 15 is 0 Å². The van der Waals surface area contributed by atoms with Gasteiger partial charge in [-0.2, -0.15) is 0 Å². The lowest BCUT2D eigenvalue weighted by molar-refractivity contribution is 0.0774. The number of para-hydroxylation sites is 1. The van der Waals surface area contributed by atoms with Crippen molar-refractivity contribution in [1.82, 2.24) is 0 Å². The summed E-state index contributed by atoms with van der Waals surface area (Å²) in [6.07, 6.45) is 24.3. The first-order valence-electron chi connectivity index (χ1n) is 17.2. The van der Waals surface area contributed by atoms with E-state index in [1.807, 2.05) is 0 Å². The van der Waals surface area contributed by atoms with Crippen molar-refractivity contribution >= 4 is 28.4 Å². The Hall–Kier alpha value is -2.81. The van der Waals surface area contributed by atoms with Crippen LogP contribution in [-0.2, 0) is 5.41 Å². The van der Waals surface area contributed by atoms with Crippen molar-refractivity contribution in [3.05, 3.63) is 66.2 Å². The van der Waals surface area contributed by atoms with Gasteiger partial charge in [-0.15, -0.1) is 0 Å². The zero-order valence-corrected chi connectivity index (χ0v) is 26.7. The van der Waals surface area contributed by atoms with Crippen LogP contribution in [0.15, 0.2) is 65.7 Å². The number of rotatable bonds is 17. The van der Waals surface area contributed by atoms with E-state index in [-0.39, 0.29) is 5.41 Å². The van der Waals surface area contributed by atoms with Crippen LogP contribution in [0, 0.1) is 0 Å². The first kappa shape index (κ1) is 30.6. The highest BCUT2D eigenvalue weighted by molar-refractivity contribution is 5.99. The second-order valence-corrected chi connectivity index (χ2v) is 13.3. The molecule has 0 aliphatic carbocycles. The summed E-state index contributed by atoms with van der Waals surface area (Å²) in [7, 11) is 0. The minimum Gasteiger partial charge on any atom is -0.459 e. The number of unbranched alkanes of at least 4 members (excludes halogenated alkanes) is 15. The Kier molecular flexibility index (Phi) is 10.6. The highest BCUT2D eigenvalue weighted by atomic mass is 16.5. The van der Waals surface area contributed by atoms with Crippen LogP contribution >= 0.6 is 0 Å². The molecule has 2 heterocycles. The number of ether oxygens (including phenoxy) is 1. The van der Waals surface area contributed by atoms with Crippen molar-refractivity contribution in [2.75, 3.05) is 11.4 Å². The van der Waals surface area contributed by atoms with Crippen LogP contribution in [0.2, 0.25) is 0 Å². The third-order valence-corrected chi connectivity index (χ3v) is 9.90. The number of anilines is 1. The predicted octanol–water partition coefficient (Wildman–Crippen LogP) is 11.7. The number of hydrogen-bond acceptors (Lipinski definition) is 3.